The second-order valence-corrected chi connectivity index (χ2v) is 3.65. The van der Waals surface area contributed by atoms with Gasteiger partial charge in [-0.3, -0.25) is 0 Å². The van der Waals surface area contributed by atoms with Crippen molar-refractivity contribution in [2.45, 2.75) is 26.7 Å². The van der Waals surface area contributed by atoms with Gasteiger partial charge >= 0.3 is 0 Å². The van der Waals surface area contributed by atoms with Gasteiger partial charge < -0.3 is 4.74 Å². The molecule has 1 unspecified atom stereocenters. The van der Waals surface area contributed by atoms with Crippen LogP contribution in [-0.4, -0.2) is 13.3 Å². The van der Waals surface area contributed by atoms with Crippen LogP contribution in [0.5, 0.6) is 0 Å². The Kier molecular flexibility index (Phi) is 4.11. The third kappa shape index (κ3) is 2.82. The summed E-state index contributed by atoms with van der Waals surface area (Å²) >= 11 is 0. The van der Waals surface area contributed by atoms with Crippen molar-refractivity contribution >= 4 is 0 Å². The number of rotatable bonds is 3. The maximum Gasteiger partial charge on any atom is 0.147 e. The molecule has 0 bridgehead atoms. The van der Waals surface area contributed by atoms with Crippen molar-refractivity contribution in [3.63, 3.8) is 0 Å². The zero-order chi connectivity index (χ0) is 10.6. The zero-order valence-corrected chi connectivity index (χ0v) is 8.65. The van der Waals surface area contributed by atoms with Gasteiger partial charge in [0.2, 0.25) is 0 Å². The summed E-state index contributed by atoms with van der Waals surface area (Å²) in [5, 5.41) is 0. The van der Waals surface area contributed by atoms with Gasteiger partial charge in [-0.1, -0.05) is 13.8 Å². The number of allylic oxidation sites excluding steroid dienone is 4. The molecule has 1 aliphatic heterocycles. The van der Waals surface area contributed by atoms with Crippen LogP contribution < -0.4 is 0 Å². The summed E-state index contributed by atoms with van der Waals surface area (Å²) in [5.41, 5.74) is 0.672. The Balaban J connectivity index is 2.84. The number of alkyl halides is 1. The maximum atomic E-state index is 13.0. The van der Waals surface area contributed by atoms with E-state index in [2.05, 4.69) is 0 Å². The van der Waals surface area contributed by atoms with Crippen LogP contribution in [0.25, 0.3) is 0 Å². The van der Waals surface area contributed by atoms with E-state index in [0.29, 0.717) is 36.7 Å². The van der Waals surface area contributed by atoms with Crippen LogP contribution in [-0.2, 0) is 4.74 Å². The fourth-order valence-electron chi connectivity index (χ4n) is 1.44. The molecule has 0 saturated heterocycles. The van der Waals surface area contributed by atoms with Gasteiger partial charge in [-0.15, -0.1) is 0 Å². The first-order valence-electron chi connectivity index (χ1n) is 4.94. The van der Waals surface area contributed by atoms with Crippen molar-refractivity contribution in [2.24, 2.45) is 5.92 Å². The van der Waals surface area contributed by atoms with Gasteiger partial charge in [-0.05, 0) is 30.4 Å². The summed E-state index contributed by atoms with van der Waals surface area (Å²) in [7, 11) is 0. The lowest BCUT2D eigenvalue weighted by Crippen LogP contribution is -2.15. The van der Waals surface area contributed by atoms with Crippen molar-refractivity contribution in [3.8, 4) is 0 Å². The summed E-state index contributed by atoms with van der Waals surface area (Å²) in [4.78, 5) is 0. The van der Waals surface area contributed by atoms with Gasteiger partial charge in [0.1, 0.15) is 18.3 Å². The van der Waals surface area contributed by atoms with E-state index < -0.39 is 6.67 Å². The standard InChI is InChI=1S/C11H16F2O/c1-3-10(13)5-9-4-8(2)7-14-11(9)6-12/h5,8H,3-4,6-7H2,1-2H3/b10-5+. The molecule has 0 aromatic heterocycles. The number of hydrogen-bond donors (Lipinski definition) is 0. The molecule has 0 fully saturated rings. The van der Waals surface area contributed by atoms with E-state index in [9.17, 15) is 8.78 Å². The van der Waals surface area contributed by atoms with E-state index >= 15 is 0 Å². The van der Waals surface area contributed by atoms with Crippen molar-refractivity contribution in [1.82, 2.24) is 0 Å². The molecule has 0 amide bonds. The third-order valence-electron chi connectivity index (χ3n) is 2.26. The molecule has 3 heteroatoms. The van der Waals surface area contributed by atoms with E-state index in [0.717, 1.165) is 0 Å². The van der Waals surface area contributed by atoms with Gasteiger partial charge in [0, 0.05) is 0 Å². The third-order valence-corrected chi connectivity index (χ3v) is 2.26. The van der Waals surface area contributed by atoms with Crippen LogP contribution in [0.15, 0.2) is 23.2 Å². The lowest BCUT2D eigenvalue weighted by atomic mass is 9.98. The number of halogens is 2. The average molecular weight is 202 g/mol. The Morgan fingerprint density at radius 1 is 1.64 bits per heavy atom. The SMILES string of the molecule is CC/C(F)=C\C1=C(CF)OCC(C)C1. The molecule has 0 saturated carbocycles. The molecule has 1 aliphatic rings. The summed E-state index contributed by atoms with van der Waals surface area (Å²) in [6, 6.07) is 0. The monoisotopic (exact) mass is 202 g/mol. The van der Waals surface area contributed by atoms with Crippen LogP contribution in [0.1, 0.15) is 26.7 Å². The van der Waals surface area contributed by atoms with E-state index in [1.54, 1.807) is 6.92 Å². The van der Waals surface area contributed by atoms with Crippen molar-refractivity contribution < 1.29 is 13.5 Å². The molecule has 80 valence electrons. The molecule has 1 heterocycles. The fourth-order valence-corrected chi connectivity index (χ4v) is 1.44. The van der Waals surface area contributed by atoms with Crippen molar-refractivity contribution in [3.05, 3.63) is 23.2 Å². The normalized spacial score (nSPS) is 23.7. The van der Waals surface area contributed by atoms with Gasteiger partial charge in [-0.2, -0.15) is 0 Å². The highest BCUT2D eigenvalue weighted by Crippen LogP contribution is 2.26. The minimum atomic E-state index is -0.643. The molecule has 1 rings (SSSR count). The summed E-state index contributed by atoms with van der Waals surface area (Å²) < 4.78 is 30.7. The van der Waals surface area contributed by atoms with Crippen molar-refractivity contribution in [1.29, 1.82) is 0 Å². The molecule has 0 aromatic rings. The van der Waals surface area contributed by atoms with Gasteiger partial charge in [-0.25, -0.2) is 8.78 Å². The minimum Gasteiger partial charge on any atom is -0.495 e. The van der Waals surface area contributed by atoms with E-state index in [1.165, 1.54) is 6.08 Å². The second kappa shape index (κ2) is 5.13. The van der Waals surface area contributed by atoms with E-state index in [1.807, 2.05) is 6.92 Å². The average Bonchev–Trinajstić information content (AvgIpc) is 2.18. The summed E-state index contributed by atoms with van der Waals surface area (Å²) in [6.07, 6.45) is 2.45. The first kappa shape index (κ1) is 11.2. The lowest BCUT2D eigenvalue weighted by molar-refractivity contribution is 0.133. The lowest BCUT2D eigenvalue weighted by Gasteiger charge is -2.22. The molecule has 14 heavy (non-hydrogen) atoms. The minimum absolute atomic E-state index is 0.219. The highest BCUT2D eigenvalue weighted by molar-refractivity contribution is 5.26. The van der Waals surface area contributed by atoms with Crippen LogP contribution in [0.4, 0.5) is 8.78 Å². The Labute approximate surface area is 83.4 Å². The van der Waals surface area contributed by atoms with Gasteiger partial charge in [0.05, 0.1) is 6.61 Å². The highest BCUT2D eigenvalue weighted by atomic mass is 19.1. The van der Waals surface area contributed by atoms with Crippen LogP contribution >= 0.6 is 0 Å². The molecule has 0 radical (unpaired) electrons. The molecule has 1 atom stereocenters. The van der Waals surface area contributed by atoms with Crippen LogP contribution in [0.2, 0.25) is 0 Å². The van der Waals surface area contributed by atoms with Crippen LogP contribution in [0, 0.1) is 5.92 Å². The maximum absolute atomic E-state index is 13.0. The molecule has 0 aliphatic carbocycles. The Bertz CT molecular complexity index is 256. The predicted octanol–water partition coefficient (Wildman–Crippen LogP) is 3.53. The molecule has 0 N–H and O–H groups in total. The first-order chi connectivity index (χ1) is 6.67. The van der Waals surface area contributed by atoms with Crippen LogP contribution in [0.3, 0.4) is 0 Å². The number of ether oxygens (including phenoxy) is 1. The second-order valence-electron chi connectivity index (χ2n) is 3.65. The molecular weight excluding hydrogens is 186 g/mol. The predicted molar refractivity (Wildman–Crippen MR) is 52.2 cm³/mol. The quantitative estimate of drug-likeness (QED) is 0.680. The molecular formula is C11H16F2O. The summed E-state index contributed by atoms with van der Waals surface area (Å²) in [5.74, 6) is 0.413. The molecule has 0 spiro atoms. The Hall–Kier alpha value is -0.860. The Morgan fingerprint density at radius 2 is 2.36 bits per heavy atom. The van der Waals surface area contributed by atoms with Gasteiger partial charge in [0.15, 0.2) is 0 Å². The smallest absolute Gasteiger partial charge is 0.147 e. The van der Waals surface area contributed by atoms with Crippen molar-refractivity contribution in [2.75, 3.05) is 13.3 Å². The molecule has 1 nitrogen and oxygen atoms in total. The zero-order valence-electron chi connectivity index (χ0n) is 8.65. The fraction of sp³-hybridized carbons (Fsp3) is 0.636. The molecule has 0 aromatic carbocycles. The summed E-state index contributed by atoms with van der Waals surface area (Å²) in [6.45, 7) is 3.63. The van der Waals surface area contributed by atoms with E-state index in [-0.39, 0.29) is 5.83 Å². The van der Waals surface area contributed by atoms with E-state index in [4.69, 9.17) is 4.74 Å². The van der Waals surface area contributed by atoms with Gasteiger partial charge in [0.25, 0.3) is 0 Å². The highest BCUT2D eigenvalue weighted by Gasteiger charge is 2.18. The topological polar surface area (TPSA) is 9.23 Å². The largest absolute Gasteiger partial charge is 0.495 e. The number of hydrogen-bond acceptors (Lipinski definition) is 1. The first-order valence-corrected chi connectivity index (χ1v) is 4.94. The Morgan fingerprint density at radius 3 is 2.93 bits per heavy atom.